The molecule has 0 radical (unpaired) electrons. The van der Waals surface area contributed by atoms with Gasteiger partial charge in [0.05, 0.1) is 7.11 Å². The van der Waals surface area contributed by atoms with E-state index in [4.69, 9.17) is 9.47 Å². The Morgan fingerprint density at radius 2 is 1.62 bits per heavy atom. The summed E-state index contributed by atoms with van der Waals surface area (Å²) in [5, 5.41) is 13.3. The third kappa shape index (κ3) is 7.61. The molecule has 0 aliphatic rings. The minimum atomic E-state index is -0.590. The van der Waals surface area contributed by atoms with Crippen LogP contribution in [0.25, 0.3) is 0 Å². The van der Waals surface area contributed by atoms with Crippen molar-refractivity contribution in [1.82, 2.24) is 10.2 Å². The van der Waals surface area contributed by atoms with Gasteiger partial charge in [-0.15, -0.1) is 0 Å². The van der Waals surface area contributed by atoms with Crippen LogP contribution in [-0.4, -0.2) is 49.5 Å². The van der Waals surface area contributed by atoms with E-state index in [-0.39, 0.29) is 6.61 Å². The summed E-state index contributed by atoms with van der Waals surface area (Å²) in [6, 6.07) is 8.97. The van der Waals surface area contributed by atoms with Gasteiger partial charge >= 0.3 is 0 Å². The Kier molecular flexibility index (Phi) is 9.31. The lowest BCUT2D eigenvalue weighted by molar-refractivity contribution is 0.0705. The maximum atomic E-state index is 13.2. The van der Waals surface area contributed by atoms with E-state index in [2.05, 4.69) is 24.1 Å². The normalized spacial score (nSPS) is 12.2. The van der Waals surface area contributed by atoms with Gasteiger partial charge in [0.2, 0.25) is 0 Å². The summed E-state index contributed by atoms with van der Waals surface area (Å²) in [7, 11) is 1.56. The quantitative estimate of drug-likeness (QED) is 0.564. The highest BCUT2D eigenvalue weighted by Crippen LogP contribution is 2.28. The summed E-state index contributed by atoms with van der Waals surface area (Å²) in [5.41, 5.74) is 1.48. The first-order valence-corrected chi connectivity index (χ1v) is 9.81. The molecule has 29 heavy (non-hydrogen) atoms. The average molecular weight is 408 g/mol. The fraction of sp³-hybridized carbons (Fsp3) is 0.455. The Morgan fingerprint density at radius 1 is 0.966 bits per heavy atom. The molecule has 160 valence electrons. The first kappa shape index (κ1) is 23.1. The minimum Gasteiger partial charge on any atom is -0.493 e. The molecule has 5 nitrogen and oxygen atoms in total. The molecule has 0 amide bonds. The summed E-state index contributed by atoms with van der Waals surface area (Å²) in [6.45, 7) is 7.43. The van der Waals surface area contributed by atoms with Crippen molar-refractivity contribution < 1.29 is 23.4 Å². The second kappa shape index (κ2) is 11.7. The minimum absolute atomic E-state index is 0.176. The van der Waals surface area contributed by atoms with Crippen LogP contribution in [0.2, 0.25) is 0 Å². The van der Waals surface area contributed by atoms with E-state index in [1.165, 1.54) is 12.1 Å². The smallest absolute Gasteiger partial charge is 0.161 e. The largest absolute Gasteiger partial charge is 0.493 e. The molecule has 1 atom stereocenters. The van der Waals surface area contributed by atoms with E-state index in [0.29, 0.717) is 36.7 Å². The Bertz CT molecular complexity index is 749. The van der Waals surface area contributed by atoms with E-state index < -0.39 is 17.7 Å². The summed E-state index contributed by atoms with van der Waals surface area (Å²) in [6.07, 6.45) is -0.590. The van der Waals surface area contributed by atoms with Gasteiger partial charge in [-0.05, 0) is 48.5 Å². The lowest BCUT2D eigenvalue weighted by Gasteiger charge is -2.22. The number of nitrogens with one attached hydrogen (secondary N) is 1. The van der Waals surface area contributed by atoms with E-state index in [1.807, 2.05) is 12.1 Å². The Hall–Kier alpha value is -2.22. The number of methoxy groups -OCH3 is 1. The molecule has 0 fully saturated rings. The zero-order valence-electron chi connectivity index (χ0n) is 17.3. The molecule has 0 saturated heterocycles. The summed E-state index contributed by atoms with van der Waals surface area (Å²) < 4.78 is 37.6. The van der Waals surface area contributed by atoms with Gasteiger partial charge in [0.1, 0.15) is 24.3 Å². The van der Waals surface area contributed by atoms with Crippen molar-refractivity contribution in [3.63, 3.8) is 0 Å². The first-order valence-electron chi connectivity index (χ1n) is 9.81. The van der Waals surface area contributed by atoms with Crippen LogP contribution in [0.4, 0.5) is 8.78 Å². The van der Waals surface area contributed by atoms with Gasteiger partial charge in [-0.25, -0.2) is 8.78 Å². The number of hydrogen-bond acceptors (Lipinski definition) is 5. The highest BCUT2D eigenvalue weighted by atomic mass is 19.1. The molecule has 0 saturated carbocycles. The van der Waals surface area contributed by atoms with Crippen molar-refractivity contribution in [2.75, 3.05) is 33.4 Å². The molecule has 0 aliphatic carbocycles. The first-order chi connectivity index (χ1) is 13.9. The molecule has 0 heterocycles. The molecule has 0 bridgehead atoms. The average Bonchev–Trinajstić information content (AvgIpc) is 2.70. The topological polar surface area (TPSA) is 54.0 Å². The van der Waals surface area contributed by atoms with Gasteiger partial charge < -0.3 is 24.8 Å². The third-order valence-corrected chi connectivity index (χ3v) is 4.60. The number of rotatable bonds is 12. The lowest BCUT2D eigenvalue weighted by Crippen LogP contribution is -2.35. The van der Waals surface area contributed by atoms with Crippen molar-refractivity contribution >= 4 is 0 Å². The maximum Gasteiger partial charge on any atom is 0.161 e. The zero-order valence-corrected chi connectivity index (χ0v) is 17.3. The van der Waals surface area contributed by atoms with E-state index in [9.17, 15) is 13.9 Å². The number of likely N-dealkylation sites (N-methyl/N-ethyl adjacent to an activating group) is 1. The predicted molar refractivity (Wildman–Crippen MR) is 109 cm³/mol. The standard InChI is InChI=1S/C22H30F2N2O3/c1-4-26(5-2)14-20(27)15-29-21-7-6-16(10-22(21)28-3)12-25-13-17-8-18(23)11-19(24)9-17/h6-11,20,25,27H,4-5,12-15H2,1-3H3/t20-/m0/s1. The van der Waals surface area contributed by atoms with Crippen molar-refractivity contribution in [2.45, 2.75) is 33.0 Å². The van der Waals surface area contributed by atoms with E-state index >= 15 is 0 Å². The fourth-order valence-corrected chi connectivity index (χ4v) is 3.02. The van der Waals surface area contributed by atoms with Crippen LogP contribution in [-0.2, 0) is 13.1 Å². The van der Waals surface area contributed by atoms with Gasteiger partial charge in [0, 0.05) is 25.7 Å². The molecule has 2 rings (SSSR count). The van der Waals surface area contributed by atoms with Crippen LogP contribution >= 0.6 is 0 Å². The molecule has 0 aromatic heterocycles. The van der Waals surface area contributed by atoms with Crippen molar-refractivity contribution in [1.29, 1.82) is 0 Å². The second-order valence-corrected chi connectivity index (χ2v) is 6.82. The monoisotopic (exact) mass is 408 g/mol. The van der Waals surface area contributed by atoms with Crippen molar-refractivity contribution in [3.05, 3.63) is 59.2 Å². The Balaban J connectivity index is 1.88. The Labute approximate surface area is 171 Å². The number of ether oxygens (including phenoxy) is 2. The molecule has 0 aliphatic heterocycles. The van der Waals surface area contributed by atoms with Crippen molar-refractivity contribution in [2.24, 2.45) is 0 Å². The van der Waals surface area contributed by atoms with Crippen LogP contribution in [0, 0.1) is 11.6 Å². The summed E-state index contributed by atoms with van der Waals surface area (Å²) in [4.78, 5) is 2.13. The van der Waals surface area contributed by atoms with Gasteiger partial charge in [-0.2, -0.15) is 0 Å². The van der Waals surface area contributed by atoms with Crippen molar-refractivity contribution in [3.8, 4) is 11.5 Å². The molecule has 0 unspecified atom stereocenters. The number of hydrogen-bond donors (Lipinski definition) is 2. The van der Waals surface area contributed by atoms with E-state index in [0.717, 1.165) is 24.7 Å². The highest BCUT2D eigenvalue weighted by molar-refractivity contribution is 5.43. The van der Waals surface area contributed by atoms with Crippen LogP contribution in [0.3, 0.4) is 0 Å². The van der Waals surface area contributed by atoms with Gasteiger partial charge in [0.15, 0.2) is 11.5 Å². The molecule has 2 aromatic rings. The lowest BCUT2D eigenvalue weighted by atomic mass is 10.1. The third-order valence-electron chi connectivity index (χ3n) is 4.60. The van der Waals surface area contributed by atoms with Gasteiger partial charge in [-0.1, -0.05) is 19.9 Å². The highest BCUT2D eigenvalue weighted by Gasteiger charge is 2.12. The second-order valence-electron chi connectivity index (χ2n) is 6.82. The fourth-order valence-electron chi connectivity index (χ4n) is 3.02. The summed E-state index contributed by atoms with van der Waals surface area (Å²) >= 11 is 0. The van der Waals surface area contributed by atoms with Gasteiger partial charge in [0.25, 0.3) is 0 Å². The molecule has 2 aromatic carbocycles. The molecule has 2 N–H and O–H groups in total. The molecular weight excluding hydrogens is 378 g/mol. The van der Waals surface area contributed by atoms with Crippen LogP contribution in [0.15, 0.2) is 36.4 Å². The molecule has 7 heteroatoms. The Morgan fingerprint density at radius 3 is 2.24 bits per heavy atom. The van der Waals surface area contributed by atoms with Gasteiger partial charge in [-0.3, -0.25) is 0 Å². The van der Waals surface area contributed by atoms with Crippen LogP contribution in [0.5, 0.6) is 11.5 Å². The zero-order chi connectivity index (χ0) is 21.2. The number of aliphatic hydroxyl groups excluding tert-OH is 1. The number of aliphatic hydroxyl groups is 1. The number of nitrogens with zero attached hydrogens (tertiary/aromatic N) is 1. The van der Waals surface area contributed by atoms with Crippen LogP contribution in [0.1, 0.15) is 25.0 Å². The van der Waals surface area contributed by atoms with Crippen LogP contribution < -0.4 is 14.8 Å². The van der Waals surface area contributed by atoms with E-state index in [1.54, 1.807) is 13.2 Å². The summed E-state index contributed by atoms with van der Waals surface area (Å²) in [5.74, 6) is -0.0560. The molecule has 0 spiro atoms. The number of benzene rings is 2. The molecular formula is C22H30F2N2O3. The number of halogens is 2. The SMILES string of the molecule is CCN(CC)C[C@H](O)COc1ccc(CNCc2cc(F)cc(F)c2)cc1OC. The predicted octanol–water partition coefficient (Wildman–Crippen LogP) is 3.34. The maximum absolute atomic E-state index is 13.2.